The molecule has 0 saturated heterocycles. The van der Waals surface area contributed by atoms with Gasteiger partial charge in [-0.2, -0.15) is 0 Å². The lowest BCUT2D eigenvalue weighted by Gasteiger charge is -2.18. The summed E-state index contributed by atoms with van der Waals surface area (Å²) in [7, 11) is 0. The van der Waals surface area contributed by atoms with E-state index in [4.69, 9.17) is 16.8 Å². The molecule has 0 aliphatic rings. The van der Waals surface area contributed by atoms with Crippen LogP contribution in [0.5, 0.6) is 0 Å². The topological polar surface area (TPSA) is 13.1 Å². The molecule has 1 aromatic heterocycles. The molecule has 0 spiro atoms. The van der Waals surface area contributed by atoms with Crippen LogP contribution in [0.25, 0.3) is 98.8 Å². The number of fused-ring (bicyclic) bond motifs is 7. The predicted octanol–water partition coefficient (Wildman–Crippen LogP) is 13.7. The van der Waals surface area contributed by atoms with Crippen molar-refractivity contribution in [1.82, 2.24) is 0 Å². The molecular formula is C48H30O. The monoisotopic (exact) mass is 632 g/mol. The zero-order valence-electron chi connectivity index (χ0n) is 36.0. The van der Waals surface area contributed by atoms with Crippen LogP contribution < -0.4 is 0 Å². The molecule has 0 atom stereocenters. The van der Waals surface area contributed by atoms with Crippen molar-refractivity contribution in [2.24, 2.45) is 0 Å². The van der Waals surface area contributed by atoms with E-state index in [1.165, 1.54) is 0 Å². The Labute approximate surface area is 298 Å². The van der Waals surface area contributed by atoms with Gasteiger partial charge in [-0.25, -0.2) is 0 Å². The standard InChI is InChI=1S/C48H30O/c1-3-15-31(16-4-1)33-19-13-20-34(29-33)45-36-22-8-10-24-38(36)46(39-25-11-9-23-37(39)45)41-27-14-28-44-47(41)43-30-42(32-17-5-2-6-18-32)35-21-7-12-26-40(35)48(43)49-44/h1-30H/i2D,5D,6D,7D,12D,17D,18D,21D,26D,30D. The Kier molecular flexibility index (Phi) is 4.39. The quantitative estimate of drug-likeness (QED) is 0.176. The normalized spacial score (nSPS) is 14.5. The fourth-order valence-electron chi connectivity index (χ4n) is 7.29. The first-order chi connectivity index (χ1) is 28.5. The Morgan fingerprint density at radius 2 is 0.980 bits per heavy atom. The second-order valence-corrected chi connectivity index (χ2v) is 12.0. The molecule has 10 rings (SSSR count). The molecule has 1 nitrogen and oxygen atoms in total. The average molecular weight is 633 g/mol. The average Bonchev–Trinajstić information content (AvgIpc) is 3.66. The van der Waals surface area contributed by atoms with Gasteiger partial charge in [0.25, 0.3) is 0 Å². The van der Waals surface area contributed by atoms with Gasteiger partial charge in [0, 0.05) is 16.2 Å². The third kappa shape index (κ3) is 4.33. The second-order valence-electron chi connectivity index (χ2n) is 12.0. The van der Waals surface area contributed by atoms with E-state index in [2.05, 4.69) is 60.7 Å². The number of hydrogen-bond donors (Lipinski definition) is 0. The highest BCUT2D eigenvalue weighted by atomic mass is 16.3. The van der Waals surface area contributed by atoms with Crippen LogP contribution in [0, 0.1) is 0 Å². The Bertz CT molecular complexity index is 3360. The fraction of sp³-hybridized carbons (Fsp3) is 0. The van der Waals surface area contributed by atoms with Crippen molar-refractivity contribution in [3.8, 4) is 44.5 Å². The first-order valence-corrected chi connectivity index (χ1v) is 16.0. The second kappa shape index (κ2) is 11.1. The molecule has 9 aromatic carbocycles. The van der Waals surface area contributed by atoms with E-state index >= 15 is 0 Å². The lowest BCUT2D eigenvalue weighted by molar-refractivity contribution is 0.673. The maximum absolute atomic E-state index is 9.91. The van der Waals surface area contributed by atoms with E-state index in [0.717, 1.165) is 49.4 Å². The first kappa shape index (κ1) is 19.4. The van der Waals surface area contributed by atoms with E-state index < -0.39 is 54.4 Å². The highest BCUT2D eigenvalue weighted by Gasteiger charge is 2.22. The largest absolute Gasteiger partial charge is 0.455 e. The fourth-order valence-corrected chi connectivity index (χ4v) is 7.29. The molecule has 0 amide bonds. The highest BCUT2D eigenvalue weighted by Crippen LogP contribution is 2.48. The van der Waals surface area contributed by atoms with Gasteiger partial charge in [0.05, 0.1) is 13.7 Å². The summed E-state index contributed by atoms with van der Waals surface area (Å²) >= 11 is 0. The molecular weight excluding hydrogens is 593 g/mol. The number of benzene rings is 9. The van der Waals surface area contributed by atoms with Gasteiger partial charge >= 0.3 is 0 Å². The van der Waals surface area contributed by atoms with Crippen LogP contribution in [-0.2, 0) is 0 Å². The maximum atomic E-state index is 9.91. The summed E-state index contributed by atoms with van der Waals surface area (Å²) in [5.74, 6) is 0. The van der Waals surface area contributed by atoms with Crippen LogP contribution in [0.15, 0.2) is 186 Å². The van der Waals surface area contributed by atoms with Gasteiger partial charge in [-0.15, -0.1) is 0 Å². The van der Waals surface area contributed by atoms with Gasteiger partial charge in [0.2, 0.25) is 0 Å². The van der Waals surface area contributed by atoms with E-state index in [1.807, 2.05) is 54.6 Å². The van der Waals surface area contributed by atoms with Crippen LogP contribution in [0.4, 0.5) is 0 Å². The third-order valence-electron chi connectivity index (χ3n) is 9.34. The molecule has 0 aliphatic heterocycles. The third-order valence-corrected chi connectivity index (χ3v) is 9.34. The molecule has 49 heavy (non-hydrogen) atoms. The van der Waals surface area contributed by atoms with Crippen molar-refractivity contribution >= 4 is 54.3 Å². The Morgan fingerprint density at radius 1 is 0.388 bits per heavy atom. The summed E-state index contributed by atoms with van der Waals surface area (Å²) < 4.78 is 95.0. The minimum atomic E-state index is -0.625. The van der Waals surface area contributed by atoms with Crippen molar-refractivity contribution in [3.63, 3.8) is 0 Å². The first-order valence-electron chi connectivity index (χ1n) is 21.0. The minimum Gasteiger partial charge on any atom is -0.455 e. The summed E-state index contributed by atoms with van der Waals surface area (Å²) in [5.41, 5.74) is 5.68. The van der Waals surface area contributed by atoms with Crippen LogP contribution in [0.2, 0.25) is 0 Å². The van der Waals surface area contributed by atoms with E-state index in [-0.39, 0.29) is 38.9 Å². The van der Waals surface area contributed by atoms with Gasteiger partial charge < -0.3 is 4.42 Å². The van der Waals surface area contributed by atoms with Crippen LogP contribution in [-0.4, -0.2) is 0 Å². The van der Waals surface area contributed by atoms with Crippen molar-refractivity contribution in [2.75, 3.05) is 0 Å². The SMILES string of the molecule is [2H]c1c([2H])c([2H])c(-c2c([2H])c3c(oc4cccc(-c5c6ccccc6c(-c6cccc(-c7ccccc7)c6)c6ccccc56)c43)c3c([2H])c([2H])c([2H])c([2H])c23)c([2H])c1[2H]. The van der Waals surface area contributed by atoms with Crippen molar-refractivity contribution < 1.29 is 18.1 Å². The predicted molar refractivity (Wildman–Crippen MR) is 208 cm³/mol. The Hall–Kier alpha value is -6.44. The van der Waals surface area contributed by atoms with Crippen LogP contribution in [0.3, 0.4) is 0 Å². The Morgan fingerprint density at radius 3 is 1.71 bits per heavy atom. The van der Waals surface area contributed by atoms with Gasteiger partial charge in [0.1, 0.15) is 11.2 Å². The molecule has 10 aromatic rings. The molecule has 0 bridgehead atoms. The van der Waals surface area contributed by atoms with Crippen molar-refractivity contribution in [3.05, 3.63) is 182 Å². The molecule has 0 radical (unpaired) electrons. The zero-order valence-corrected chi connectivity index (χ0v) is 26.0. The maximum Gasteiger partial charge on any atom is 0.143 e. The summed E-state index contributed by atoms with van der Waals surface area (Å²) in [6, 6.07) is 35.1. The Balaban J connectivity index is 1.38. The minimum absolute atomic E-state index is 0.0403. The summed E-state index contributed by atoms with van der Waals surface area (Å²) in [6.45, 7) is 0. The number of rotatable bonds is 4. The van der Waals surface area contributed by atoms with Gasteiger partial charge in [-0.3, -0.25) is 0 Å². The highest BCUT2D eigenvalue weighted by molar-refractivity contribution is 6.28. The van der Waals surface area contributed by atoms with E-state index in [0.29, 0.717) is 16.5 Å². The van der Waals surface area contributed by atoms with Crippen molar-refractivity contribution in [1.29, 1.82) is 0 Å². The van der Waals surface area contributed by atoms with E-state index in [9.17, 15) is 1.37 Å². The van der Waals surface area contributed by atoms with Crippen molar-refractivity contribution in [2.45, 2.75) is 0 Å². The molecule has 0 unspecified atom stereocenters. The number of furan rings is 1. The molecule has 0 aliphatic carbocycles. The van der Waals surface area contributed by atoms with Crippen LogP contribution in [0.1, 0.15) is 13.7 Å². The number of hydrogen-bond acceptors (Lipinski definition) is 1. The molecule has 0 N–H and O–H groups in total. The lowest BCUT2D eigenvalue weighted by Crippen LogP contribution is -1.91. The van der Waals surface area contributed by atoms with Gasteiger partial charge in [-0.1, -0.05) is 164 Å². The molecule has 228 valence electrons. The summed E-state index contributed by atoms with van der Waals surface area (Å²) in [6.07, 6.45) is 0. The smallest absolute Gasteiger partial charge is 0.143 e. The molecule has 0 saturated carbocycles. The van der Waals surface area contributed by atoms with E-state index in [1.54, 1.807) is 6.07 Å². The molecule has 1 heterocycles. The van der Waals surface area contributed by atoms with Crippen LogP contribution >= 0.6 is 0 Å². The molecule has 0 fully saturated rings. The summed E-state index contributed by atoms with van der Waals surface area (Å²) in [5, 5.41) is 4.30. The van der Waals surface area contributed by atoms with Gasteiger partial charge in [-0.05, 0) is 89.6 Å². The summed E-state index contributed by atoms with van der Waals surface area (Å²) in [4.78, 5) is 0. The van der Waals surface area contributed by atoms with Gasteiger partial charge in [0.15, 0.2) is 0 Å². The lowest BCUT2D eigenvalue weighted by atomic mass is 9.84. The molecule has 1 heteroatoms. The zero-order chi connectivity index (χ0) is 41.0.